The molecule has 0 amide bonds. The molecule has 0 aliphatic rings. The third-order valence-electron chi connectivity index (χ3n) is 12.3. The van der Waals surface area contributed by atoms with Gasteiger partial charge in [0.15, 0.2) is 13.7 Å². The van der Waals surface area contributed by atoms with Crippen LogP contribution in [0.1, 0.15) is 23.3 Å². The molecule has 4 heteroatoms. The summed E-state index contributed by atoms with van der Waals surface area (Å²) in [5.74, 6) is 0. The maximum Gasteiger partial charge on any atom is 0.179 e. The minimum Gasteiger partial charge on any atom is -0.454 e. The first-order valence-electron chi connectivity index (χ1n) is 29.1. The third kappa shape index (κ3) is 5.33. The highest BCUT2D eigenvalue weighted by molar-refractivity contribution is 7.19. The Morgan fingerprint density at radius 3 is 1.52 bits per heavy atom. The van der Waals surface area contributed by atoms with Crippen LogP contribution in [0.5, 0.6) is 0 Å². The van der Waals surface area contributed by atoms with E-state index >= 15 is 0 Å². The second-order valence-corrected chi connectivity index (χ2v) is 19.3. The number of furan rings is 1. The molecule has 64 heavy (non-hydrogen) atoms. The van der Waals surface area contributed by atoms with E-state index in [-0.39, 0.29) is 48.9 Å². The largest absolute Gasteiger partial charge is 0.454 e. The van der Waals surface area contributed by atoms with E-state index in [0.29, 0.717) is 5.69 Å². The molecule has 0 N–H and O–H groups in total. The second kappa shape index (κ2) is 14.5. The molecule has 0 fully saturated rings. The van der Waals surface area contributed by atoms with Gasteiger partial charge in [0, 0.05) is 32.6 Å². The number of aromatic nitrogens is 2. The van der Waals surface area contributed by atoms with Gasteiger partial charge in [0.05, 0.1) is 56.4 Å². The molecule has 3 aromatic heterocycles. The monoisotopic (exact) mass is 849 g/mol. The van der Waals surface area contributed by atoms with Crippen molar-refractivity contribution in [2.45, 2.75) is 0 Å². The number of hydrogen-bond donors (Lipinski definition) is 0. The molecule has 0 saturated heterocycles. The van der Waals surface area contributed by atoms with Crippen LogP contribution in [0.3, 0.4) is 0 Å². The summed E-state index contributed by atoms with van der Waals surface area (Å²) >= 11 is 0. The summed E-state index contributed by atoms with van der Waals surface area (Å²) in [6.45, 7) is 0. The van der Waals surface area contributed by atoms with Crippen LogP contribution in [0.4, 0.5) is 0 Å². The SMILES string of the molecule is [2H]c1c([2H])c([2H])c2c(oc3c(-n4c5c([2H])c([2H])c([2H])c([2H])c5c5c([2H])c([2H])c([2H])c([2H])c54)c([2H])c4c5c([2H])c([2H])c([2H])c([2H])c5n(-c5ccc([Si](c6ccccc6)(c6ccccc6)c6cccc(-c7ccccc7)c6)cc5)c4c32)c1[2H]. The number of hydrogen-bond acceptors (Lipinski definition) is 1. The minimum absolute atomic E-state index is 0.0351. The first-order chi connectivity index (χ1) is 38.8. The summed E-state index contributed by atoms with van der Waals surface area (Å²) in [7, 11) is -3.31. The smallest absolute Gasteiger partial charge is 0.179 e. The predicted octanol–water partition coefficient (Wildman–Crippen LogP) is 12.8. The maximum atomic E-state index is 10.5. The van der Waals surface area contributed by atoms with Crippen molar-refractivity contribution >= 4 is 94.4 Å². The van der Waals surface area contributed by atoms with Gasteiger partial charge in [0.1, 0.15) is 5.58 Å². The Hall–Kier alpha value is -8.18. The van der Waals surface area contributed by atoms with Gasteiger partial charge in [-0.15, -0.1) is 0 Å². The zero-order valence-corrected chi connectivity index (χ0v) is 34.6. The van der Waals surface area contributed by atoms with Gasteiger partial charge in [-0.3, -0.25) is 0 Å². The van der Waals surface area contributed by atoms with Crippen molar-refractivity contribution in [3.05, 3.63) is 242 Å². The highest BCUT2D eigenvalue weighted by Crippen LogP contribution is 2.45. The van der Waals surface area contributed by atoms with Gasteiger partial charge in [0.2, 0.25) is 0 Å². The van der Waals surface area contributed by atoms with Gasteiger partial charge in [-0.1, -0.05) is 200 Å². The number of nitrogens with zero attached hydrogens (tertiary/aromatic N) is 2. The number of fused-ring (bicyclic) bond motifs is 10. The first kappa shape index (κ1) is 23.3. The number of para-hydroxylation sites is 4. The molecule has 0 aliphatic carbocycles. The lowest BCUT2D eigenvalue weighted by Crippen LogP contribution is -2.74. The van der Waals surface area contributed by atoms with Crippen molar-refractivity contribution in [2.24, 2.45) is 0 Å². The van der Waals surface area contributed by atoms with Gasteiger partial charge in [-0.2, -0.15) is 0 Å². The Morgan fingerprint density at radius 2 is 0.891 bits per heavy atom. The molecule has 13 rings (SSSR count). The molecule has 13 aromatic rings. The van der Waals surface area contributed by atoms with Crippen LogP contribution in [0, 0.1) is 0 Å². The van der Waals surface area contributed by atoms with Gasteiger partial charge in [0.25, 0.3) is 0 Å². The summed E-state index contributed by atoms with van der Waals surface area (Å²) in [5.41, 5.74) is 0.206. The van der Waals surface area contributed by atoms with Crippen molar-refractivity contribution < 1.29 is 27.7 Å². The Labute approximate surface area is 395 Å². The van der Waals surface area contributed by atoms with Crippen molar-refractivity contribution in [3.63, 3.8) is 0 Å². The Balaban J connectivity index is 1.22. The average Bonchev–Trinajstić information content (AvgIpc) is 2.72. The molecule has 0 unspecified atom stereocenters. The average molecular weight is 850 g/mol. The summed E-state index contributed by atoms with van der Waals surface area (Å²) < 4.78 is 166. The second-order valence-electron chi connectivity index (χ2n) is 15.5. The molecule has 0 saturated carbocycles. The molecular formula is C60H40N2OSi. The van der Waals surface area contributed by atoms with Crippen LogP contribution in [-0.4, -0.2) is 17.2 Å². The fraction of sp³-hybridized carbons (Fsp3) is 0. The number of rotatable bonds is 7. The summed E-state index contributed by atoms with van der Waals surface area (Å²) in [6, 6.07) is 35.4. The van der Waals surface area contributed by atoms with E-state index in [2.05, 4.69) is 60.7 Å². The summed E-state index contributed by atoms with van der Waals surface area (Å²) in [6.07, 6.45) is 0. The molecule has 0 radical (unpaired) electrons. The standard InChI is InChI=1S/C60H40N2OSi/c1-4-19-41(20-5-1)42-21-18-26-47(39-42)64(44-22-6-2-7-23-44,45-24-8-3-9-25-45)46-37-35-43(36-38-46)61-53-31-14-12-29-50(53)52-40-56(60-58(59(52)61)51-30-13-17-34-57(51)63-60)62-54-32-15-10-27-48(54)49-28-11-16-33-55(49)62/h1-40H/i10D,11D,12D,13D,14D,15D,16D,17D,27D,28D,29D,30D,31D,32D,33D,34D,40D. The third-order valence-corrected chi connectivity index (χ3v) is 17.0. The molecular weight excluding hydrogens is 793 g/mol. The van der Waals surface area contributed by atoms with Gasteiger partial charge < -0.3 is 13.6 Å². The molecule has 0 bridgehead atoms. The predicted molar refractivity (Wildman–Crippen MR) is 271 cm³/mol. The van der Waals surface area contributed by atoms with Crippen LogP contribution in [0.15, 0.2) is 247 Å². The normalized spacial score (nSPS) is 15.8. The lowest BCUT2D eigenvalue weighted by Gasteiger charge is -2.35. The van der Waals surface area contributed by atoms with Crippen molar-refractivity contribution in [2.75, 3.05) is 0 Å². The van der Waals surface area contributed by atoms with Gasteiger partial charge in [-0.25, -0.2) is 0 Å². The van der Waals surface area contributed by atoms with Crippen molar-refractivity contribution in [1.29, 1.82) is 0 Å². The van der Waals surface area contributed by atoms with Gasteiger partial charge in [-0.05, 0) is 74.2 Å². The Morgan fingerprint density at radius 1 is 0.406 bits per heavy atom. The van der Waals surface area contributed by atoms with Crippen LogP contribution < -0.4 is 20.7 Å². The molecule has 300 valence electrons. The zero-order chi connectivity index (χ0) is 57.0. The lowest BCUT2D eigenvalue weighted by atomic mass is 10.1. The van der Waals surface area contributed by atoms with Crippen molar-refractivity contribution in [3.8, 4) is 22.5 Å². The molecule has 0 spiro atoms. The fourth-order valence-corrected chi connectivity index (χ4v) is 14.4. The van der Waals surface area contributed by atoms with Crippen LogP contribution in [0.2, 0.25) is 0 Å². The van der Waals surface area contributed by atoms with E-state index in [4.69, 9.17) is 18.1 Å². The zero-order valence-electron chi connectivity index (χ0n) is 50.6. The minimum atomic E-state index is -3.31. The van der Waals surface area contributed by atoms with Crippen LogP contribution >= 0.6 is 0 Å². The molecule has 3 nitrogen and oxygen atoms in total. The number of benzene rings is 10. The lowest BCUT2D eigenvalue weighted by molar-refractivity contribution is 0.666. The quantitative estimate of drug-likeness (QED) is 0.116. The molecule has 3 heterocycles. The summed E-state index contributed by atoms with van der Waals surface area (Å²) in [5, 5.41) is 2.74. The van der Waals surface area contributed by atoms with Gasteiger partial charge >= 0.3 is 0 Å². The topological polar surface area (TPSA) is 23.0 Å². The molecule has 0 aliphatic heterocycles. The molecule has 10 aromatic carbocycles. The first-order valence-corrected chi connectivity index (χ1v) is 22.6. The van der Waals surface area contributed by atoms with E-state index in [1.807, 2.05) is 78.9 Å². The van der Waals surface area contributed by atoms with E-state index in [9.17, 15) is 9.60 Å². The summed E-state index contributed by atoms with van der Waals surface area (Å²) in [4.78, 5) is 0. The van der Waals surface area contributed by atoms with E-state index < -0.39 is 133 Å². The van der Waals surface area contributed by atoms with Crippen LogP contribution in [-0.2, 0) is 0 Å². The van der Waals surface area contributed by atoms with E-state index in [0.717, 1.165) is 36.4 Å². The van der Waals surface area contributed by atoms with Crippen LogP contribution in [0.25, 0.3) is 88.1 Å². The Kier molecular flexibility index (Phi) is 5.26. The van der Waals surface area contributed by atoms with E-state index in [1.165, 1.54) is 4.57 Å². The Bertz CT molecular complexity index is 4770. The highest BCUT2D eigenvalue weighted by Gasteiger charge is 2.41. The highest BCUT2D eigenvalue weighted by atomic mass is 28.3. The van der Waals surface area contributed by atoms with E-state index in [1.54, 1.807) is 0 Å². The maximum absolute atomic E-state index is 10.5. The van der Waals surface area contributed by atoms with Crippen molar-refractivity contribution in [1.82, 2.24) is 9.13 Å². The fourth-order valence-electron chi connectivity index (χ4n) is 9.60. The molecule has 0 atom stereocenters.